The molecule has 0 bridgehead atoms. The van der Waals surface area contributed by atoms with Crippen LogP contribution >= 0.6 is 0 Å². The van der Waals surface area contributed by atoms with Gasteiger partial charge in [-0.1, -0.05) is 19.9 Å². The Hall–Kier alpha value is -2.96. The second-order valence-electron chi connectivity index (χ2n) is 7.00. The lowest BCUT2D eigenvalue weighted by molar-refractivity contribution is -0.119. The lowest BCUT2D eigenvalue weighted by Gasteiger charge is -2.24. The van der Waals surface area contributed by atoms with Gasteiger partial charge in [-0.2, -0.15) is 0 Å². The molecule has 1 aliphatic rings. The fourth-order valence-electron chi connectivity index (χ4n) is 3.27. The van der Waals surface area contributed by atoms with Crippen molar-refractivity contribution >= 4 is 17.6 Å². The number of Topliss-reactive ketones (excluding diaryl/α,β-unsaturated/α-hetero) is 1. The zero-order valence-electron chi connectivity index (χ0n) is 16.6. The van der Waals surface area contributed by atoms with E-state index in [-0.39, 0.29) is 29.5 Å². The second kappa shape index (κ2) is 8.37. The van der Waals surface area contributed by atoms with Crippen LogP contribution in [0.15, 0.2) is 24.4 Å². The maximum atomic E-state index is 12.6. The minimum absolute atomic E-state index is 0.000776. The van der Waals surface area contributed by atoms with Gasteiger partial charge in [0.2, 0.25) is 11.9 Å². The van der Waals surface area contributed by atoms with Gasteiger partial charge in [0, 0.05) is 18.5 Å². The number of anilines is 1. The van der Waals surface area contributed by atoms with Crippen molar-refractivity contribution in [2.24, 2.45) is 5.92 Å². The quantitative estimate of drug-likeness (QED) is 0.822. The van der Waals surface area contributed by atoms with Gasteiger partial charge in [0.1, 0.15) is 0 Å². The molecule has 28 heavy (non-hydrogen) atoms. The molecule has 1 aromatic carbocycles. The lowest BCUT2D eigenvalue weighted by atomic mass is 9.82. The van der Waals surface area contributed by atoms with Gasteiger partial charge in [-0.25, -0.2) is 9.97 Å². The monoisotopic (exact) mass is 383 g/mol. The van der Waals surface area contributed by atoms with Crippen LogP contribution in [0.2, 0.25) is 0 Å². The molecule has 2 aromatic rings. The highest BCUT2D eigenvalue weighted by Crippen LogP contribution is 2.36. The number of methoxy groups -OCH3 is 2. The molecule has 3 rings (SSSR count). The van der Waals surface area contributed by atoms with E-state index in [1.54, 1.807) is 14.2 Å². The van der Waals surface area contributed by atoms with Gasteiger partial charge < -0.3 is 9.47 Å². The van der Waals surface area contributed by atoms with Crippen molar-refractivity contribution < 1.29 is 19.1 Å². The van der Waals surface area contributed by atoms with E-state index in [9.17, 15) is 9.59 Å². The number of ketones is 1. The number of ether oxygens (including phenoxy) is 2. The van der Waals surface area contributed by atoms with E-state index in [1.807, 2.05) is 32.0 Å². The predicted octanol–water partition coefficient (Wildman–Crippen LogP) is 3.39. The summed E-state index contributed by atoms with van der Waals surface area (Å²) in [5.41, 5.74) is 2.17. The summed E-state index contributed by atoms with van der Waals surface area (Å²) in [7, 11) is 3.17. The zero-order valence-corrected chi connectivity index (χ0v) is 16.6. The third-order valence-electron chi connectivity index (χ3n) is 5.21. The SMILES string of the molecule is CC[C@H](C)C(=O)Nc1ncc2c(n1)C[C@H](c1ccc(OC)c(OC)c1)CC2=O. The normalized spacial score (nSPS) is 16.9. The molecular formula is C21H25N3O4. The van der Waals surface area contributed by atoms with E-state index in [1.165, 1.54) is 6.20 Å². The number of carbonyl (C=O) groups excluding carboxylic acids is 2. The highest BCUT2D eigenvalue weighted by molar-refractivity contribution is 5.99. The van der Waals surface area contributed by atoms with Gasteiger partial charge in [-0.05, 0) is 36.5 Å². The van der Waals surface area contributed by atoms with Crippen LogP contribution < -0.4 is 14.8 Å². The van der Waals surface area contributed by atoms with E-state index in [0.29, 0.717) is 35.6 Å². The summed E-state index contributed by atoms with van der Waals surface area (Å²) in [6, 6.07) is 5.68. The molecule has 0 fully saturated rings. The maximum absolute atomic E-state index is 12.6. The van der Waals surface area contributed by atoms with Gasteiger partial charge >= 0.3 is 0 Å². The molecule has 0 radical (unpaired) electrons. The van der Waals surface area contributed by atoms with Crippen LogP contribution in [0.5, 0.6) is 11.5 Å². The molecule has 1 heterocycles. The fraction of sp³-hybridized carbons (Fsp3) is 0.429. The fourth-order valence-corrected chi connectivity index (χ4v) is 3.27. The average molecular weight is 383 g/mol. The number of carbonyl (C=O) groups is 2. The number of benzene rings is 1. The summed E-state index contributed by atoms with van der Waals surface area (Å²) in [6.45, 7) is 3.80. The summed E-state index contributed by atoms with van der Waals surface area (Å²) >= 11 is 0. The Bertz CT molecular complexity index is 897. The number of rotatable bonds is 6. The minimum atomic E-state index is -0.124. The Morgan fingerprint density at radius 2 is 2.00 bits per heavy atom. The van der Waals surface area contributed by atoms with Crippen LogP contribution in [0.1, 0.15) is 54.2 Å². The third kappa shape index (κ3) is 3.98. The first-order chi connectivity index (χ1) is 13.5. The van der Waals surface area contributed by atoms with E-state index in [2.05, 4.69) is 15.3 Å². The van der Waals surface area contributed by atoms with Crippen molar-refractivity contribution in [3.05, 3.63) is 41.2 Å². The van der Waals surface area contributed by atoms with Crippen molar-refractivity contribution in [1.82, 2.24) is 9.97 Å². The van der Waals surface area contributed by atoms with Crippen LogP contribution in [-0.2, 0) is 11.2 Å². The van der Waals surface area contributed by atoms with Crippen LogP contribution in [0.4, 0.5) is 5.95 Å². The van der Waals surface area contributed by atoms with Crippen molar-refractivity contribution in [3.8, 4) is 11.5 Å². The van der Waals surface area contributed by atoms with E-state index in [4.69, 9.17) is 9.47 Å². The summed E-state index contributed by atoms with van der Waals surface area (Å²) in [5, 5.41) is 2.74. The number of hydrogen-bond acceptors (Lipinski definition) is 6. The van der Waals surface area contributed by atoms with Crippen molar-refractivity contribution in [1.29, 1.82) is 0 Å². The summed E-state index contributed by atoms with van der Waals surface area (Å²) in [5.74, 6) is 1.24. The Labute approximate surface area is 164 Å². The molecule has 1 amide bonds. The van der Waals surface area contributed by atoms with E-state index >= 15 is 0 Å². The summed E-state index contributed by atoms with van der Waals surface area (Å²) in [6.07, 6.45) is 3.22. The molecule has 0 saturated carbocycles. The molecule has 0 saturated heterocycles. The first kappa shape index (κ1) is 19.8. The van der Waals surface area contributed by atoms with Gasteiger partial charge in [0.05, 0.1) is 25.5 Å². The Morgan fingerprint density at radius 1 is 1.25 bits per heavy atom. The third-order valence-corrected chi connectivity index (χ3v) is 5.21. The summed E-state index contributed by atoms with van der Waals surface area (Å²) < 4.78 is 10.7. The van der Waals surface area contributed by atoms with Gasteiger partial charge in [-0.15, -0.1) is 0 Å². The average Bonchev–Trinajstić information content (AvgIpc) is 2.72. The van der Waals surface area contributed by atoms with Crippen LogP contribution in [0.25, 0.3) is 0 Å². The number of nitrogens with zero attached hydrogens (tertiary/aromatic N) is 2. The molecule has 148 valence electrons. The van der Waals surface area contributed by atoms with Crippen molar-refractivity contribution in [2.45, 2.75) is 39.0 Å². The molecule has 7 nitrogen and oxygen atoms in total. The van der Waals surface area contributed by atoms with E-state index < -0.39 is 0 Å². The molecule has 1 N–H and O–H groups in total. The van der Waals surface area contributed by atoms with Crippen LogP contribution in [-0.4, -0.2) is 35.9 Å². The molecule has 7 heteroatoms. The first-order valence-corrected chi connectivity index (χ1v) is 9.38. The number of nitrogens with one attached hydrogen (secondary N) is 1. The lowest BCUT2D eigenvalue weighted by Crippen LogP contribution is -2.24. The molecule has 1 aliphatic carbocycles. The number of hydrogen-bond donors (Lipinski definition) is 1. The van der Waals surface area contributed by atoms with Gasteiger partial charge in [0.15, 0.2) is 17.3 Å². The van der Waals surface area contributed by atoms with Crippen molar-refractivity contribution in [3.63, 3.8) is 0 Å². The smallest absolute Gasteiger partial charge is 0.229 e. The molecule has 1 aromatic heterocycles. The second-order valence-corrected chi connectivity index (χ2v) is 7.00. The maximum Gasteiger partial charge on any atom is 0.229 e. The standard InChI is InChI=1S/C21H25N3O4/c1-5-12(2)20(26)24-21-22-11-15-16(23-21)8-14(9-17(15)25)13-6-7-18(27-3)19(10-13)28-4/h6-7,10-12,14H,5,8-9H2,1-4H3,(H,22,23,24,26)/t12-,14-/m0/s1. The van der Waals surface area contributed by atoms with E-state index in [0.717, 1.165) is 12.0 Å². The Morgan fingerprint density at radius 3 is 2.68 bits per heavy atom. The molecule has 0 unspecified atom stereocenters. The Kier molecular flexibility index (Phi) is 5.92. The summed E-state index contributed by atoms with van der Waals surface area (Å²) in [4.78, 5) is 33.3. The predicted molar refractivity (Wildman–Crippen MR) is 105 cm³/mol. The first-order valence-electron chi connectivity index (χ1n) is 9.38. The Balaban J connectivity index is 1.86. The highest BCUT2D eigenvalue weighted by atomic mass is 16.5. The molecule has 0 spiro atoms. The highest BCUT2D eigenvalue weighted by Gasteiger charge is 2.29. The number of fused-ring (bicyclic) bond motifs is 1. The van der Waals surface area contributed by atoms with Crippen LogP contribution in [0, 0.1) is 5.92 Å². The molecule has 2 atom stereocenters. The largest absolute Gasteiger partial charge is 0.493 e. The molecular weight excluding hydrogens is 358 g/mol. The minimum Gasteiger partial charge on any atom is -0.493 e. The van der Waals surface area contributed by atoms with Crippen LogP contribution in [0.3, 0.4) is 0 Å². The van der Waals surface area contributed by atoms with Gasteiger partial charge in [0.25, 0.3) is 0 Å². The number of aromatic nitrogens is 2. The number of amides is 1. The zero-order chi connectivity index (χ0) is 20.3. The van der Waals surface area contributed by atoms with Crippen molar-refractivity contribution in [2.75, 3.05) is 19.5 Å². The van der Waals surface area contributed by atoms with Gasteiger partial charge in [-0.3, -0.25) is 14.9 Å². The molecule has 0 aliphatic heterocycles. The topological polar surface area (TPSA) is 90.4 Å².